The van der Waals surface area contributed by atoms with E-state index in [2.05, 4.69) is 5.32 Å². The molecule has 0 fully saturated rings. The number of hydrogen-bond donors (Lipinski definition) is 3. The Bertz CT molecular complexity index is 244. The van der Waals surface area contributed by atoms with E-state index in [0.717, 1.165) is 0 Å². The van der Waals surface area contributed by atoms with Crippen LogP contribution in [-0.2, 0) is 4.79 Å². The van der Waals surface area contributed by atoms with E-state index < -0.39 is 11.5 Å². The molecule has 0 aliphatic carbocycles. The third kappa shape index (κ3) is 1.07. The molecule has 0 saturated carbocycles. The second kappa shape index (κ2) is 2.30. The van der Waals surface area contributed by atoms with Crippen molar-refractivity contribution in [2.24, 2.45) is 0 Å². The monoisotopic (exact) mass is 155 g/mol. The van der Waals surface area contributed by atoms with Crippen LogP contribution in [0.3, 0.4) is 0 Å². The summed E-state index contributed by atoms with van der Waals surface area (Å²) < 4.78 is 0. The van der Waals surface area contributed by atoms with Crippen LogP contribution in [0, 0.1) is 0 Å². The van der Waals surface area contributed by atoms with Gasteiger partial charge in [0.1, 0.15) is 5.76 Å². The highest BCUT2D eigenvalue weighted by molar-refractivity contribution is 5.82. The van der Waals surface area contributed by atoms with Crippen molar-refractivity contribution in [3.05, 3.63) is 24.1 Å². The summed E-state index contributed by atoms with van der Waals surface area (Å²) in [6, 6.07) is 0. The van der Waals surface area contributed by atoms with Crippen LogP contribution in [0.15, 0.2) is 24.1 Å². The molecule has 0 bridgehead atoms. The molecule has 1 atom stereocenters. The number of carboxylic acids is 1. The Labute approximate surface area is 63.8 Å². The maximum atomic E-state index is 10.6. The van der Waals surface area contributed by atoms with Crippen molar-refractivity contribution < 1.29 is 15.0 Å². The molecule has 1 rings (SSSR count). The quantitative estimate of drug-likeness (QED) is 0.512. The zero-order valence-electron chi connectivity index (χ0n) is 6.03. The molecule has 0 aromatic rings. The van der Waals surface area contributed by atoms with Crippen LogP contribution in [0.4, 0.5) is 0 Å². The number of allylic oxidation sites excluding steroid dienone is 2. The van der Waals surface area contributed by atoms with Gasteiger partial charge in [-0.25, -0.2) is 4.79 Å². The fraction of sp³-hybridized carbons (Fsp3) is 0.286. The first kappa shape index (κ1) is 7.65. The first-order valence-electron chi connectivity index (χ1n) is 3.15. The molecule has 1 unspecified atom stereocenters. The lowest BCUT2D eigenvalue weighted by Gasteiger charge is -2.26. The lowest BCUT2D eigenvalue weighted by Crippen LogP contribution is -2.49. The van der Waals surface area contributed by atoms with E-state index >= 15 is 0 Å². The molecule has 1 aliphatic rings. The van der Waals surface area contributed by atoms with Gasteiger partial charge in [-0.3, -0.25) is 0 Å². The van der Waals surface area contributed by atoms with Crippen molar-refractivity contribution in [1.29, 1.82) is 0 Å². The van der Waals surface area contributed by atoms with E-state index in [-0.39, 0.29) is 5.76 Å². The average molecular weight is 155 g/mol. The fourth-order valence-corrected chi connectivity index (χ4v) is 0.766. The highest BCUT2D eigenvalue weighted by Gasteiger charge is 2.37. The Morgan fingerprint density at radius 2 is 2.36 bits per heavy atom. The van der Waals surface area contributed by atoms with Crippen molar-refractivity contribution in [3.63, 3.8) is 0 Å². The number of dihydropyridines is 1. The average Bonchev–Trinajstić information content (AvgIpc) is 1.95. The van der Waals surface area contributed by atoms with E-state index in [1.165, 1.54) is 19.2 Å². The summed E-state index contributed by atoms with van der Waals surface area (Å²) in [5.41, 5.74) is -1.37. The van der Waals surface area contributed by atoms with Crippen molar-refractivity contribution in [2.45, 2.75) is 12.5 Å². The Kier molecular flexibility index (Phi) is 1.60. The minimum Gasteiger partial charge on any atom is -0.509 e. The number of carboxylic acid groups (broad SMARTS) is 1. The second-order valence-corrected chi connectivity index (χ2v) is 2.49. The first-order chi connectivity index (χ1) is 5.07. The van der Waals surface area contributed by atoms with Crippen LogP contribution in [-0.4, -0.2) is 21.7 Å². The predicted octanol–water partition coefficient (Wildman–Crippen LogP) is 0.389. The predicted molar refractivity (Wildman–Crippen MR) is 39.0 cm³/mol. The lowest BCUT2D eigenvalue weighted by molar-refractivity contribution is -0.143. The molecular formula is C7H9NO3. The van der Waals surface area contributed by atoms with Crippen LogP contribution >= 0.6 is 0 Å². The first-order valence-corrected chi connectivity index (χ1v) is 3.15. The van der Waals surface area contributed by atoms with Gasteiger partial charge in [-0.05, 0) is 25.3 Å². The van der Waals surface area contributed by atoms with E-state index in [9.17, 15) is 4.79 Å². The smallest absolute Gasteiger partial charge is 0.337 e. The second-order valence-electron chi connectivity index (χ2n) is 2.49. The number of nitrogens with one attached hydrogen (secondary N) is 1. The summed E-state index contributed by atoms with van der Waals surface area (Å²) in [4.78, 5) is 10.6. The van der Waals surface area contributed by atoms with Gasteiger partial charge >= 0.3 is 5.97 Å². The van der Waals surface area contributed by atoms with Gasteiger partial charge in [-0.1, -0.05) is 0 Å². The maximum Gasteiger partial charge on any atom is 0.337 e. The minimum atomic E-state index is -1.37. The van der Waals surface area contributed by atoms with Gasteiger partial charge in [0.15, 0.2) is 5.54 Å². The Morgan fingerprint density at radius 3 is 2.73 bits per heavy atom. The van der Waals surface area contributed by atoms with Gasteiger partial charge in [-0.15, -0.1) is 0 Å². The Morgan fingerprint density at radius 1 is 1.73 bits per heavy atom. The summed E-state index contributed by atoms with van der Waals surface area (Å²) in [6.07, 6.45) is 4.37. The Balaban J connectivity index is 2.97. The van der Waals surface area contributed by atoms with Crippen molar-refractivity contribution in [1.82, 2.24) is 5.32 Å². The summed E-state index contributed by atoms with van der Waals surface area (Å²) in [7, 11) is 0. The molecule has 4 heteroatoms. The number of carbonyl (C=O) groups is 1. The third-order valence-corrected chi connectivity index (χ3v) is 1.66. The van der Waals surface area contributed by atoms with Gasteiger partial charge in [-0.2, -0.15) is 0 Å². The Hall–Kier alpha value is -1.45. The largest absolute Gasteiger partial charge is 0.509 e. The standard InChI is InChI=1S/C7H9NO3/c1-7(6(10)11)5(9)3-2-4-8-7/h2-4,8-9H,1H3,(H,10,11). The van der Waals surface area contributed by atoms with Crippen LogP contribution in [0.25, 0.3) is 0 Å². The maximum absolute atomic E-state index is 10.6. The zero-order valence-corrected chi connectivity index (χ0v) is 6.03. The summed E-state index contributed by atoms with van der Waals surface area (Å²) in [5.74, 6) is -1.29. The number of aliphatic hydroxyl groups excluding tert-OH is 1. The normalized spacial score (nSPS) is 29.0. The van der Waals surface area contributed by atoms with Gasteiger partial charge in [0.2, 0.25) is 0 Å². The molecule has 0 aromatic heterocycles. The minimum absolute atomic E-state index is 0.187. The number of rotatable bonds is 1. The molecule has 4 nitrogen and oxygen atoms in total. The molecular weight excluding hydrogens is 146 g/mol. The fourth-order valence-electron chi connectivity index (χ4n) is 0.766. The van der Waals surface area contributed by atoms with Gasteiger partial charge in [0.05, 0.1) is 0 Å². The van der Waals surface area contributed by atoms with Crippen LogP contribution in [0.1, 0.15) is 6.92 Å². The van der Waals surface area contributed by atoms with Gasteiger partial charge in [0, 0.05) is 0 Å². The highest BCUT2D eigenvalue weighted by Crippen LogP contribution is 2.16. The van der Waals surface area contributed by atoms with Crippen LogP contribution in [0.2, 0.25) is 0 Å². The summed E-state index contributed by atoms with van der Waals surface area (Å²) >= 11 is 0. The molecule has 0 radical (unpaired) electrons. The topological polar surface area (TPSA) is 69.6 Å². The van der Waals surface area contributed by atoms with Crippen molar-refractivity contribution in [2.75, 3.05) is 0 Å². The molecule has 11 heavy (non-hydrogen) atoms. The molecule has 1 heterocycles. The number of hydrogen-bond acceptors (Lipinski definition) is 3. The molecule has 60 valence electrons. The van der Waals surface area contributed by atoms with E-state index in [1.54, 1.807) is 6.08 Å². The number of aliphatic hydroxyl groups is 1. The lowest BCUT2D eigenvalue weighted by atomic mass is 9.98. The summed E-state index contributed by atoms with van der Waals surface area (Å²) in [5, 5.41) is 20.4. The van der Waals surface area contributed by atoms with Gasteiger partial charge < -0.3 is 15.5 Å². The van der Waals surface area contributed by atoms with E-state index in [4.69, 9.17) is 10.2 Å². The summed E-state index contributed by atoms with van der Waals surface area (Å²) in [6.45, 7) is 1.39. The zero-order chi connectivity index (χ0) is 8.48. The highest BCUT2D eigenvalue weighted by atomic mass is 16.4. The molecule has 0 aromatic carbocycles. The molecule has 3 N–H and O–H groups in total. The SMILES string of the molecule is CC1(C(=O)O)NC=CC=C1O. The van der Waals surface area contributed by atoms with Crippen molar-refractivity contribution in [3.8, 4) is 0 Å². The molecule has 0 spiro atoms. The molecule has 1 aliphatic heterocycles. The van der Waals surface area contributed by atoms with E-state index in [0.29, 0.717) is 0 Å². The third-order valence-electron chi connectivity index (χ3n) is 1.66. The molecule has 0 amide bonds. The van der Waals surface area contributed by atoms with Crippen LogP contribution in [0.5, 0.6) is 0 Å². The van der Waals surface area contributed by atoms with Crippen molar-refractivity contribution >= 4 is 5.97 Å². The van der Waals surface area contributed by atoms with Gasteiger partial charge in [0.25, 0.3) is 0 Å². The van der Waals surface area contributed by atoms with E-state index in [1.807, 2.05) is 0 Å². The molecule has 0 saturated heterocycles. The number of aliphatic carboxylic acids is 1. The van der Waals surface area contributed by atoms with Crippen LogP contribution < -0.4 is 5.32 Å².